The first-order valence-corrected chi connectivity index (χ1v) is 12.1. The molecule has 1 aromatic heterocycles. The maximum Gasteiger partial charge on any atom is 0.376 e. The van der Waals surface area contributed by atoms with Gasteiger partial charge in [-0.3, -0.25) is 9.52 Å². The maximum absolute atomic E-state index is 13.3. The van der Waals surface area contributed by atoms with E-state index < -0.39 is 21.9 Å². The normalized spacial score (nSPS) is 11.1. The van der Waals surface area contributed by atoms with E-state index in [1.165, 1.54) is 43.5 Å². The van der Waals surface area contributed by atoms with Crippen LogP contribution in [0.25, 0.3) is 11.0 Å². The topological polar surface area (TPSA) is 124 Å². The summed E-state index contributed by atoms with van der Waals surface area (Å²) in [6, 6.07) is 18.8. The third kappa shape index (κ3) is 4.97. The summed E-state index contributed by atoms with van der Waals surface area (Å²) in [4.78, 5) is 25.7. The molecule has 180 valence electrons. The molecule has 4 rings (SSSR count). The molecule has 35 heavy (non-hydrogen) atoms. The van der Waals surface area contributed by atoms with Crippen molar-refractivity contribution >= 4 is 44.2 Å². The Morgan fingerprint density at radius 3 is 2.34 bits per heavy atom. The Labute approximate surface area is 201 Å². The molecule has 0 bridgehead atoms. The zero-order chi connectivity index (χ0) is 25.0. The van der Waals surface area contributed by atoms with Gasteiger partial charge in [-0.25, -0.2) is 13.2 Å². The molecule has 10 heteroatoms. The number of esters is 1. The number of methoxy groups -OCH3 is 1. The fourth-order valence-corrected chi connectivity index (χ4v) is 4.50. The third-order valence-corrected chi connectivity index (χ3v) is 6.46. The number of sulfonamides is 1. The second kappa shape index (κ2) is 9.90. The minimum atomic E-state index is -4.00. The summed E-state index contributed by atoms with van der Waals surface area (Å²) < 4.78 is 44.0. The van der Waals surface area contributed by atoms with Crippen LogP contribution in [0.1, 0.15) is 27.8 Å². The molecule has 1 amide bonds. The van der Waals surface area contributed by atoms with Crippen molar-refractivity contribution in [2.24, 2.45) is 0 Å². The van der Waals surface area contributed by atoms with E-state index in [1.54, 1.807) is 43.3 Å². The molecule has 0 saturated heterocycles. The van der Waals surface area contributed by atoms with Crippen LogP contribution in [0.2, 0.25) is 0 Å². The number of hydrogen-bond acceptors (Lipinski definition) is 7. The lowest BCUT2D eigenvalue weighted by Crippen LogP contribution is -2.19. The molecule has 9 nitrogen and oxygen atoms in total. The Kier molecular flexibility index (Phi) is 6.74. The number of anilines is 2. The van der Waals surface area contributed by atoms with Gasteiger partial charge in [0.05, 0.1) is 29.9 Å². The molecule has 0 atom stereocenters. The molecule has 1 heterocycles. The van der Waals surface area contributed by atoms with Crippen molar-refractivity contribution in [2.45, 2.75) is 11.8 Å². The van der Waals surface area contributed by atoms with E-state index in [0.717, 1.165) is 0 Å². The highest BCUT2D eigenvalue weighted by atomic mass is 32.2. The lowest BCUT2D eigenvalue weighted by molar-refractivity contribution is 0.0494. The van der Waals surface area contributed by atoms with Crippen LogP contribution in [-0.4, -0.2) is 34.0 Å². The van der Waals surface area contributed by atoms with Gasteiger partial charge in [0.15, 0.2) is 0 Å². The van der Waals surface area contributed by atoms with E-state index >= 15 is 0 Å². The van der Waals surface area contributed by atoms with Gasteiger partial charge in [0, 0.05) is 5.39 Å². The standard InChI is InChI=1S/C25H22N2O7S/c1-3-33-25(29)23-22(19-9-5-7-11-21(19)34-23)26-24(28)18-8-4-6-10-20(18)27-35(30,31)17-14-12-16(32-2)13-15-17/h4-15,27H,3H2,1-2H3,(H,26,28). The summed E-state index contributed by atoms with van der Waals surface area (Å²) in [7, 11) is -2.52. The summed E-state index contributed by atoms with van der Waals surface area (Å²) in [6.45, 7) is 1.78. The van der Waals surface area contributed by atoms with Crippen molar-refractivity contribution in [3.05, 3.63) is 84.1 Å². The molecule has 0 unspecified atom stereocenters. The highest BCUT2D eigenvalue weighted by Gasteiger charge is 2.25. The highest BCUT2D eigenvalue weighted by molar-refractivity contribution is 7.92. The van der Waals surface area contributed by atoms with Gasteiger partial charge >= 0.3 is 5.97 Å². The van der Waals surface area contributed by atoms with E-state index in [-0.39, 0.29) is 34.2 Å². The minimum absolute atomic E-state index is 0.000984. The van der Waals surface area contributed by atoms with Crippen molar-refractivity contribution < 1.29 is 31.9 Å². The molecule has 0 fully saturated rings. The summed E-state index contributed by atoms with van der Waals surface area (Å²) in [5, 5.41) is 3.19. The number of nitrogens with one attached hydrogen (secondary N) is 2. The number of fused-ring (bicyclic) bond motifs is 1. The molecule has 4 aromatic rings. The van der Waals surface area contributed by atoms with Crippen LogP contribution in [0.4, 0.5) is 11.4 Å². The van der Waals surface area contributed by atoms with Crippen LogP contribution in [0.15, 0.2) is 82.1 Å². The first kappa shape index (κ1) is 23.8. The van der Waals surface area contributed by atoms with Crippen molar-refractivity contribution in [3.63, 3.8) is 0 Å². The van der Waals surface area contributed by atoms with Crippen LogP contribution >= 0.6 is 0 Å². The summed E-state index contributed by atoms with van der Waals surface area (Å²) >= 11 is 0. The fraction of sp³-hybridized carbons (Fsp3) is 0.120. The van der Waals surface area contributed by atoms with Crippen molar-refractivity contribution in [2.75, 3.05) is 23.8 Å². The van der Waals surface area contributed by atoms with Gasteiger partial charge in [0.1, 0.15) is 17.0 Å². The third-order valence-electron chi connectivity index (χ3n) is 5.08. The van der Waals surface area contributed by atoms with Gasteiger partial charge in [-0.2, -0.15) is 0 Å². The molecule has 0 aliphatic heterocycles. The zero-order valence-electron chi connectivity index (χ0n) is 18.9. The molecule has 0 aliphatic carbocycles. The number of ether oxygens (including phenoxy) is 2. The number of carbonyl (C=O) groups excluding carboxylic acids is 2. The quantitative estimate of drug-likeness (QED) is 0.341. The second-order valence-electron chi connectivity index (χ2n) is 7.30. The Hall–Kier alpha value is -4.31. The fourth-order valence-electron chi connectivity index (χ4n) is 3.42. The molecule has 0 radical (unpaired) electrons. The van der Waals surface area contributed by atoms with Gasteiger partial charge < -0.3 is 19.2 Å². The zero-order valence-corrected chi connectivity index (χ0v) is 19.7. The molecular weight excluding hydrogens is 472 g/mol. The number of furan rings is 1. The number of amides is 1. The Morgan fingerprint density at radius 2 is 1.63 bits per heavy atom. The monoisotopic (exact) mass is 494 g/mol. The summed E-state index contributed by atoms with van der Waals surface area (Å²) in [6.07, 6.45) is 0. The average Bonchev–Trinajstić information content (AvgIpc) is 3.23. The average molecular weight is 495 g/mol. The predicted molar refractivity (Wildman–Crippen MR) is 130 cm³/mol. The summed E-state index contributed by atoms with van der Waals surface area (Å²) in [5.74, 6) is -1.02. The minimum Gasteiger partial charge on any atom is -0.497 e. The maximum atomic E-state index is 13.3. The van der Waals surface area contributed by atoms with Crippen LogP contribution in [0.5, 0.6) is 5.75 Å². The lowest BCUT2D eigenvalue weighted by atomic mass is 10.1. The number of para-hydroxylation sites is 2. The van der Waals surface area contributed by atoms with Crippen LogP contribution in [0.3, 0.4) is 0 Å². The Balaban J connectivity index is 1.67. The van der Waals surface area contributed by atoms with E-state index in [4.69, 9.17) is 13.9 Å². The number of rotatable bonds is 8. The van der Waals surface area contributed by atoms with Gasteiger partial charge in [0.2, 0.25) is 5.76 Å². The van der Waals surface area contributed by atoms with Gasteiger partial charge in [-0.05, 0) is 55.5 Å². The smallest absolute Gasteiger partial charge is 0.376 e. The van der Waals surface area contributed by atoms with Crippen molar-refractivity contribution in [1.29, 1.82) is 0 Å². The van der Waals surface area contributed by atoms with E-state index in [9.17, 15) is 18.0 Å². The molecule has 2 N–H and O–H groups in total. The molecule has 3 aromatic carbocycles. The molecule has 0 saturated carbocycles. The number of hydrogen-bond donors (Lipinski definition) is 2. The number of carbonyl (C=O) groups is 2. The van der Waals surface area contributed by atoms with Gasteiger partial charge in [-0.1, -0.05) is 24.3 Å². The SMILES string of the molecule is CCOC(=O)c1oc2ccccc2c1NC(=O)c1ccccc1NS(=O)(=O)c1ccc(OC)cc1. The largest absolute Gasteiger partial charge is 0.497 e. The van der Waals surface area contributed by atoms with Crippen LogP contribution < -0.4 is 14.8 Å². The second-order valence-corrected chi connectivity index (χ2v) is 8.99. The lowest BCUT2D eigenvalue weighted by Gasteiger charge is -2.13. The van der Waals surface area contributed by atoms with Crippen molar-refractivity contribution in [3.8, 4) is 5.75 Å². The predicted octanol–water partition coefficient (Wildman–Crippen LogP) is 4.67. The number of benzene rings is 3. The van der Waals surface area contributed by atoms with Gasteiger partial charge in [-0.15, -0.1) is 0 Å². The van der Waals surface area contributed by atoms with E-state index in [1.807, 2.05) is 0 Å². The Morgan fingerprint density at radius 1 is 0.943 bits per heavy atom. The van der Waals surface area contributed by atoms with Crippen molar-refractivity contribution in [1.82, 2.24) is 0 Å². The molecule has 0 aliphatic rings. The van der Waals surface area contributed by atoms with Gasteiger partial charge in [0.25, 0.3) is 15.9 Å². The highest BCUT2D eigenvalue weighted by Crippen LogP contribution is 2.32. The first-order chi connectivity index (χ1) is 16.8. The van der Waals surface area contributed by atoms with Crippen LogP contribution in [0, 0.1) is 0 Å². The summed E-state index contributed by atoms with van der Waals surface area (Å²) in [5.41, 5.74) is 0.632. The first-order valence-electron chi connectivity index (χ1n) is 10.6. The Bertz CT molecular complexity index is 1490. The molecular formula is C25H22N2O7S. The van der Waals surface area contributed by atoms with E-state index in [2.05, 4.69) is 10.0 Å². The van der Waals surface area contributed by atoms with E-state index in [0.29, 0.717) is 16.7 Å². The van der Waals surface area contributed by atoms with Crippen LogP contribution in [-0.2, 0) is 14.8 Å². The molecule has 0 spiro atoms.